The van der Waals surface area contributed by atoms with Crippen LogP contribution in [0.3, 0.4) is 0 Å². The van der Waals surface area contributed by atoms with Crippen molar-refractivity contribution in [3.05, 3.63) is 52.0 Å². The Morgan fingerprint density at radius 2 is 1.88 bits per heavy atom. The molecule has 26 heavy (non-hydrogen) atoms. The van der Waals surface area contributed by atoms with E-state index in [1.807, 2.05) is 13.8 Å². The molecule has 0 saturated carbocycles. The molecule has 0 aromatic heterocycles. The highest BCUT2D eigenvalue weighted by Gasteiger charge is 2.36. The number of amides is 2. The lowest BCUT2D eigenvalue weighted by atomic mass is 9.93. The van der Waals surface area contributed by atoms with Crippen LogP contribution in [0.4, 0.5) is 11.4 Å². The minimum atomic E-state index is -0.628. The third-order valence-electron chi connectivity index (χ3n) is 4.23. The Kier molecular flexibility index (Phi) is 4.86. The second-order valence-electron chi connectivity index (χ2n) is 6.80. The lowest BCUT2D eigenvalue weighted by Gasteiger charge is -2.24. The van der Waals surface area contributed by atoms with E-state index in [0.717, 1.165) is 0 Å². The van der Waals surface area contributed by atoms with E-state index in [9.17, 15) is 9.59 Å². The summed E-state index contributed by atoms with van der Waals surface area (Å²) in [6, 6.07) is 9.84. The van der Waals surface area contributed by atoms with E-state index in [2.05, 4.69) is 5.32 Å². The first kappa shape index (κ1) is 18.5. The topological polar surface area (TPSA) is 58.6 Å². The van der Waals surface area contributed by atoms with Gasteiger partial charge in [-0.1, -0.05) is 23.2 Å². The molecule has 5 nitrogen and oxygen atoms in total. The molecule has 1 heterocycles. The number of rotatable bonds is 2. The first-order valence-electron chi connectivity index (χ1n) is 8.00. The molecule has 1 aliphatic heterocycles. The molecule has 1 N–H and O–H groups in total. The normalized spacial score (nSPS) is 15.7. The molecular weight excluding hydrogens is 375 g/mol. The molecule has 2 aromatic carbocycles. The zero-order valence-electron chi connectivity index (χ0n) is 14.6. The van der Waals surface area contributed by atoms with E-state index in [1.54, 1.807) is 42.3 Å². The van der Waals surface area contributed by atoms with Gasteiger partial charge >= 0.3 is 0 Å². The third kappa shape index (κ3) is 3.50. The maximum Gasteiger partial charge on any atom is 0.255 e. The van der Waals surface area contributed by atoms with Gasteiger partial charge in [-0.15, -0.1) is 0 Å². The molecule has 0 aliphatic carbocycles. The highest BCUT2D eigenvalue weighted by Crippen LogP contribution is 2.37. The number of hydrogen-bond acceptors (Lipinski definition) is 3. The van der Waals surface area contributed by atoms with Crippen LogP contribution in [0.25, 0.3) is 0 Å². The fourth-order valence-electron chi connectivity index (χ4n) is 2.70. The number of halogens is 2. The zero-order chi connectivity index (χ0) is 19.1. The fraction of sp³-hybridized carbons (Fsp3) is 0.263. The summed E-state index contributed by atoms with van der Waals surface area (Å²) in [7, 11) is 1.70. The third-order valence-corrected chi connectivity index (χ3v) is 4.97. The molecule has 0 atom stereocenters. The van der Waals surface area contributed by atoms with Gasteiger partial charge in [0.2, 0.25) is 5.91 Å². The molecule has 0 spiro atoms. The molecule has 1 aliphatic rings. The monoisotopic (exact) mass is 392 g/mol. The molecule has 3 rings (SSSR count). The predicted octanol–water partition coefficient (Wildman–Crippen LogP) is 4.63. The van der Waals surface area contributed by atoms with Crippen LogP contribution in [-0.4, -0.2) is 25.5 Å². The Hall–Kier alpha value is -2.24. The van der Waals surface area contributed by atoms with Gasteiger partial charge in [-0.3, -0.25) is 9.59 Å². The standard InChI is InChI=1S/C19H18Cl2N2O3/c1-19(2)10-26-16-7-5-12(9-15(16)23(3)18(19)25)22-17(24)11-4-6-13(20)14(21)8-11/h4-9H,10H2,1-3H3,(H,22,24). The number of nitrogens with zero attached hydrogens (tertiary/aromatic N) is 1. The van der Waals surface area contributed by atoms with Crippen molar-refractivity contribution in [2.45, 2.75) is 13.8 Å². The van der Waals surface area contributed by atoms with Gasteiger partial charge in [0, 0.05) is 18.3 Å². The van der Waals surface area contributed by atoms with Crippen molar-refractivity contribution >= 4 is 46.4 Å². The number of ether oxygens (including phenoxy) is 1. The highest BCUT2D eigenvalue weighted by atomic mass is 35.5. The van der Waals surface area contributed by atoms with Crippen LogP contribution in [0.1, 0.15) is 24.2 Å². The van der Waals surface area contributed by atoms with Crippen molar-refractivity contribution < 1.29 is 14.3 Å². The summed E-state index contributed by atoms with van der Waals surface area (Å²) in [4.78, 5) is 26.6. The van der Waals surface area contributed by atoms with Crippen molar-refractivity contribution in [3.63, 3.8) is 0 Å². The number of fused-ring (bicyclic) bond motifs is 1. The van der Waals surface area contributed by atoms with Gasteiger partial charge in [-0.05, 0) is 50.2 Å². The van der Waals surface area contributed by atoms with Crippen LogP contribution in [0.2, 0.25) is 10.0 Å². The average molecular weight is 393 g/mol. The van der Waals surface area contributed by atoms with Crippen LogP contribution in [0.15, 0.2) is 36.4 Å². The van der Waals surface area contributed by atoms with Gasteiger partial charge in [-0.25, -0.2) is 0 Å². The van der Waals surface area contributed by atoms with E-state index in [4.69, 9.17) is 27.9 Å². The maximum atomic E-state index is 12.6. The SMILES string of the molecule is CN1C(=O)C(C)(C)COc2ccc(NC(=O)c3ccc(Cl)c(Cl)c3)cc21. The number of nitrogens with one attached hydrogen (secondary N) is 1. The molecule has 0 fully saturated rings. The Morgan fingerprint density at radius 3 is 2.58 bits per heavy atom. The smallest absolute Gasteiger partial charge is 0.255 e. The maximum absolute atomic E-state index is 12.6. The predicted molar refractivity (Wildman–Crippen MR) is 104 cm³/mol. The largest absolute Gasteiger partial charge is 0.490 e. The van der Waals surface area contributed by atoms with Gasteiger partial charge in [0.1, 0.15) is 12.4 Å². The zero-order valence-corrected chi connectivity index (χ0v) is 16.1. The van der Waals surface area contributed by atoms with Crippen LogP contribution in [-0.2, 0) is 4.79 Å². The summed E-state index contributed by atoms with van der Waals surface area (Å²) < 4.78 is 5.77. The van der Waals surface area contributed by atoms with Gasteiger partial charge in [0.15, 0.2) is 0 Å². The van der Waals surface area contributed by atoms with E-state index < -0.39 is 5.41 Å². The molecule has 136 valence electrons. The lowest BCUT2D eigenvalue weighted by Crippen LogP contribution is -2.39. The molecular formula is C19H18Cl2N2O3. The molecule has 2 amide bonds. The fourth-order valence-corrected chi connectivity index (χ4v) is 3.00. The summed E-state index contributed by atoms with van der Waals surface area (Å²) in [6.45, 7) is 3.97. The van der Waals surface area contributed by atoms with Gasteiger partial charge in [0.25, 0.3) is 5.91 Å². The summed E-state index contributed by atoms with van der Waals surface area (Å²) >= 11 is 11.8. The van der Waals surface area contributed by atoms with Crippen molar-refractivity contribution in [2.75, 3.05) is 23.9 Å². The van der Waals surface area contributed by atoms with Crippen molar-refractivity contribution in [3.8, 4) is 5.75 Å². The molecule has 0 radical (unpaired) electrons. The van der Waals surface area contributed by atoms with Gasteiger partial charge in [-0.2, -0.15) is 0 Å². The molecule has 7 heteroatoms. The summed E-state index contributed by atoms with van der Waals surface area (Å²) in [5, 5.41) is 3.49. The van der Waals surface area contributed by atoms with E-state index in [-0.39, 0.29) is 18.4 Å². The second-order valence-corrected chi connectivity index (χ2v) is 7.62. The van der Waals surface area contributed by atoms with Crippen LogP contribution in [0, 0.1) is 5.41 Å². The van der Waals surface area contributed by atoms with Crippen molar-refractivity contribution in [1.82, 2.24) is 0 Å². The Labute approximate surface area is 161 Å². The number of carbonyl (C=O) groups is 2. The van der Waals surface area contributed by atoms with Crippen molar-refractivity contribution in [1.29, 1.82) is 0 Å². The Bertz CT molecular complexity index is 896. The van der Waals surface area contributed by atoms with E-state index >= 15 is 0 Å². The summed E-state index contributed by atoms with van der Waals surface area (Å²) in [5.74, 6) is 0.218. The van der Waals surface area contributed by atoms with E-state index in [0.29, 0.717) is 32.7 Å². The number of hydrogen-bond donors (Lipinski definition) is 1. The van der Waals surface area contributed by atoms with E-state index in [1.165, 1.54) is 6.07 Å². The summed E-state index contributed by atoms with van der Waals surface area (Å²) in [6.07, 6.45) is 0. The number of benzene rings is 2. The number of carbonyl (C=O) groups excluding carboxylic acids is 2. The van der Waals surface area contributed by atoms with Crippen LogP contribution >= 0.6 is 23.2 Å². The van der Waals surface area contributed by atoms with Crippen LogP contribution < -0.4 is 15.0 Å². The molecule has 0 unspecified atom stereocenters. The minimum absolute atomic E-state index is 0.0517. The summed E-state index contributed by atoms with van der Waals surface area (Å²) in [5.41, 5.74) is 0.906. The molecule has 2 aromatic rings. The molecule has 0 saturated heterocycles. The number of anilines is 2. The van der Waals surface area contributed by atoms with Crippen LogP contribution in [0.5, 0.6) is 5.75 Å². The van der Waals surface area contributed by atoms with Gasteiger partial charge in [0.05, 0.1) is 21.1 Å². The average Bonchev–Trinajstić information content (AvgIpc) is 2.68. The van der Waals surface area contributed by atoms with Gasteiger partial charge < -0.3 is 15.0 Å². The molecule has 0 bridgehead atoms. The Balaban J connectivity index is 1.87. The minimum Gasteiger partial charge on any atom is -0.490 e. The first-order chi connectivity index (χ1) is 12.2. The quantitative estimate of drug-likeness (QED) is 0.810. The lowest BCUT2D eigenvalue weighted by molar-refractivity contribution is -0.127. The highest BCUT2D eigenvalue weighted by molar-refractivity contribution is 6.42. The second kappa shape index (κ2) is 6.82. The Morgan fingerprint density at radius 1 is 1.15 bits per heavy atom. The first-order valence-corrected chi connectivity index (χ1v) is 8.76. The van der Waals surface area contributed by atoms with Crippen molar-refractivity contribution in [2.24, 2.45) is 5.41 Å².